The summed E-state index contributed by atoms with van der Waals surface area (Å²) in [4.78, 5) is 13.9. The number of benzene rings is 1. The van der Waals surface area contributed by atoms with E-state index in [-0.39, 0.29) is 16.9 Å². The largest absolute Gasteiger partial charge is 0.378 e. The van der Waals surface area contributed by atoms with Crippen LogP contribution in [-0.4, -0.2) is 37.3 Å². The molecule has 0 aliphatic carbocycles. The Kier molecular flexibility index (Phi) is 5.99. The van der Waals surface area contributed by atoms with Crippen molar-refractivity contribution in [2.45, 2.75) is 13.8 Å². The highest BCUT2D eigenvalue weighted by atomic mass is 35.5. The van der Waals surface area contributed by atoms with Crippen molar-refractivity contribution < 1.29 is 9.53 Å². The maximum Gasteiger partial charge on any atom is 0.228 e. The van der Waals surface area contributed by atoms with Crippen LogP contribution in [0.2, 0.25) is 5.02 Å². The highest BCUT2D eigenvalue weighted by Crippen LogP contribution is 2.34. The molecule has 1 aliphatic rings. The lowest BCUT2D eigenvalue weighted by Crippen LogP contribution is -2.39. The van der Waals surface area contributed by atoms with Crippen LogP contribution in [0.1, 0.15) is 13.8 Å². The highest BCUT2D eigenvalue weighted by Gasteiger charge is 2.19. The van der Waals surface area contributed by atoms with E-state index < -0.39 is 0 Å². The first-order chi connectivity index (χ1) is 10.5. The zero-order valence-corrected chi connectivity index (χ0v) is 14.3. The van der Waals surface area contributed by atoms with Crippen molar-refractivity contribution in [3.8, 4) is 0 Å². The summed E-state index contributed by atoms with van der Waals surface area (Å²) in [6.45, 7) is 6.50. The van der Waals surface area contributed by atoms with Crippen LogP contribution in [0.3, 0.4) is 0 Å². The molecule has 120 valence electrons. The average Bonchev–Trinajstić information content (AvgIpc) is 2.48. The minimum absolute atomic E-state index is 0.118. The second kappa shape index (κ2) is 7.76. The lowest BCUT2D eigenvalue weighted by atomic mass is 10.2. The molecule has 1 heterocycles. The van der Waals surface area contributed by atoms with Gasteiger partial charge in [-0.1, -0.05) is 31.5 Å². The van der Waals surface area contributed by atoms with Crippen LogP contribution in [0.25, 0.3) is 0 Å². The summed E-state index contributed by atoms with van der Waals surface area (Å²) < 4.78 is 5.37. The van der Waals surface area contributed by atoms with E-state index in [1.807, 2.05) is 32.0 Å². The summed E-state index contributed by atoms with van der Waals surface area (Å²) in [6, 6.07) is 5.58. The second-order valence-corrected chi connectivity index (χ2v) is 6.15. The Hall–Kier alpha value is -1.37. The third-order valence-electron chi connectivity index (χ3n) is 3.32. The molecule has 1 aromatic carbocycles. The fourth-order valence-corrected chi connectivity index (χ4v) is 2.64. The average molecular weight is 342 g/mol. The van der Waals surface area contributed by atoms with Gasteiger partial charge in [0.25, 0.3) is 0 Å². The van der Waals surface area contributed by atoms with Gasteiger partial charge in [0.15, 0.2) is 5.11 Å². The number of carbonyl (C=O) groups is 1. The quantitative estimate of drug-likeness (QED) is 0.828. The fraction of sp³-hybridized carbons (Fsp3) is 0.467. The Balaban J connectivity index is 2.15. The summed E-state index contributed by atoms with van der Waals surface area (Å²) in [6.07, 6.45) is 0. The number of amides is 1. The zero-order chi connectivity index (χ0) is 16.1. The maximum absolute atomic E-state index is 11.7. The van der Waals surface area contributed by atoms with Gasteiger partial charge in [0, 0.05) is 19.0 Å². The highest BCUT2D eigenvalue weighted by molar-refractivity contribution is 7.80. The molecule has 1 saturated heterocycles. The molecular weight excluding hydrogens is 322 g/mol. The first-order valence-electron chi connectivity index (χ1n) is 7.22. The van der Waals surface area contributed by atoms with Crippen LogP contribution >= 0.6 is 23.8 Å². The summed E-state index contributed by atoms with van der Waals surface area (Å²) in [5, 5.41) is 6.66. The molecule has 5 nitrogen and oxygen atoms in total. The van der Waals surface area contributed by atoms with Crippen LogP contribution < -0.4 is 15.5 Å². The number of rotatable bonds is 3. The Morgan fingerprint density at radius 3 is 2.68 bits per heavy atom. The predicted octanol–water partition coefficient (Wildman–Crippen LogP) is 2.65. The third kappa shape index (κ3) is 4.32. The topological polar surface area (TPSA) is 53.6 Å². The Morgan fingerprint density at radius 2 is 2.05 bits per heavy atom. The van der Waals surface area contributed by atoms with Gasteiger partial charge in [0.2, 0.25) is 5.91 Å². The number of halogens is 1. The van der Waals surface area contributed by atoms with Gasteiger partial charge >= 0.3 is 0 Å². The number of hydrogen-bond donors (Lipinski definition) is 2. The first kappa shape index (κ1) is 17.0. The molecule has 1 aromatic rings. The summed E-state index contributed by atoms with van der Waals surface area (Å²) in [7, 11) is 0. The van der Waals surface area contributed by atoms with Crippen LogP contribution in [0, 0.1) is 5.92 Å². The Bertz CT molecular complexity index is 560. The smallest absolute Gasteiger partial charge is 0.228 e. The maximum atomic E-state index is 11.7. The molecule has 0 bridgehead atoms. The van der Waals surface area contributed by atoms with E-state index in [4.69, 9.17) is 28.6 Å². The van der Waals surface area contributed by atoms with Crippen molar-refractivity contribution >= 4 is 46.2 Å². The number of para-hydroxylation sites is 1. The number of thiocarbonyl (C=S) groups is 1. The number of carbonyl (C=O) groups excluding carboxylic acids is 1. The van der Waals surface area contributed by atoms with Gasteiger partial charge in [-0.2, -0.15) is 0 Å². The minimum Gasteiger partial charge on any atom is -0.378 e. The van der Waals surface area contributed by atoms with E-state index in [2.05, 4.69) is 15.5 Å². The molecule has 0 saturated carbocycles. The van der Waals surface area contributed by atoms with Gasteiger partial charge in [-0.15, -0.1) is 0 Å². The van der Waals surface area contributed by atoms with Gasteiger partial charge in [-0.25, -0.2) is 0 Å². The lowest BCUT2D eigenvalue weighted by Gasteiger charge is -2.31. The van der Waals surface area contributed by atoms with E-state index in [0.717, 1.165) is 24.5 Å². The van der Waals surface area contributed by atoms with Gasteiger partial charge in [0.05, 0.1) is 29.6 Å². The number of nitrogens with one attached hydrogen (secondary N) is 2. The zero-order valence-electron chi connectivity index (χ0n) is 12.7. The molecule has 22 heavy (non-hydrogen) atoms. The number of anilines is 2. The van der Waals surface area contributed by atoms with Crippen LogP contribution in [0.5, 0.6) is 0 Å². The molecule has 2 N–H and O–H groups in total. The van der Waals surface area contributed by atoms with E-state index in [9.17, 15) is 4.79 Å². The van der Waals surface area contributed by atoms with Crippen molar-refractivity contribution in [3.05, 3.63) is 23.2 Å². The van der Waals surface area contributed by atoms with Crippen molar-refractivity contribution in [3.63, 3.8) is 0 Å². The van der Waals surface area contributed by atoms with Gasteiger partial charge < -0.3 is 20.3 Å². The standard InChI is InChI=1S/C15H20ClN3O2S/c1-10(2)14(20)18-15(22)17-12-5-3-4-11(16)13(12)19-6-8-21-9-7-19/h3-5,10H,6-9H2,1-2H3,(H2,17,18,20,22). The number of morpholine rings is 1. The van der Waals surface area contributed by atoms with Crippen molar-refractivity contribution in [1.82, 2.24) is 5.32 Å². The van der Waals surface area contributed by atoms with Crippen molar-refractivity contribution in [1.29, 1.82) is 0 Å². The Labute approximate surface area is 141 Å². The lowest BCUT2D eigenvalue weighted by molar-refractivity contribution is -0.122. The molecule has 0 atom stereocenters. The SMILES string of the molecule is CC(C)C(=O)NC(=S)Nc1cccc(Cl)c1N1CCOCC1. The molecule has 7 heteroatoms. The minimum atomic E-state index is -0.127. The third-order valence-corrected chi connectivity index (χ3v) is 3.83. The normalized spacial score (nSPS) is 14.8. The number of hydrogen-bond acceptors (Lipinski definition) is 4. The van der Waals surface area contributed by atoms with E-state index in [1.54, 1.807) is 0 Å². The monoisotopic (exact) mass is 341 g/mol. The molecule has 1 amide bonds. The van der Waals surface area contributed by atoms with Crippen LogP contribution in [0.4, 0.5) is 11.4 Å². The molecule has 1 fully saturated rings. The first-order valence-corrected chi connectivity index (χ1v) is 8.00. The molecule has 0 unspecified atom stereocenters. The summed E-state index contributed by atoms with van der Waals surface area (Å²) in [5.41, 5.74) is 1.66. The van der Waals surface area contributed by atoms with Gasteiger partial charge in [-0.05, 0) is 24.4 Å². The van der Waals surface area contributed by atoms with Crippen LogP contribution in [-0.2, 0) is 9.53 Å². The fourth-order valence-electron chi connectivity index (χ4n) is 2.13. The molecule has 1 aliphatic heterocycles. The summed E-state index contributed by atoms with van der Waals surface area (Å²) >= 11 is 11.6. The van der Waals surface area contributed by atoms with E-state index >= 15 is 0 Å². The van der Waals surface area contributed by atoms with E-state index in [1.165, 1.54) is 0 Å². The van der Waals surface area contributed by atoms with Crippen molar-refractivity contribution in [2.24, 2.45) is 5.92 Å². The second-order valence-electron chi connectivity index (χ2n) is 5.33. The van der Waals surface area contributed by atoms with Crippen LogP contribution in [0.15, 0.2) is 18.2 Å². The predicted molar refractivity (Wildman–Crippen MR) is 93.7 cm³/mol. The summed E-state index contributed by atoms with van der Waals surface area (Å²) in [5.74, 6) is -0.245. The number of ether oxygens (including phenoxy) is 1. The van der Waals surface area contributed by atoms with Gasteiger partial charge in [0.1, 0.15) is 0 Å². The molecule has 0 spiro atoms. The van der Waals surface area contributed by atoms with Crippen molar-refractivity contribution in [2.75, 3.05) is 36.5 Å². The number of nitrogens with zero attached hydrogens (tertiary/aromatic N) is 1. The van der Waals surface area contributed by atoms with E-state index in [0.29, 0.717) is 18.2 Å². The molecule has 2 rings (SSSR count). The molecular formula is C15H20ClN3O2S. The van der Waals surface area contributed by atoms with Gasteiger partial charge in [-0.3, -0.25) is 4.79 Å². The molecule has 0 radical (unpaired) electrons. The Morgan fingerprint density at radius 1 is 1.36 bits per heavy atom. The molecule has 0 aromatic heterocycles.